The number of benzene rings is 2. The second-order valence-corrected chi connectivity index (χ2v) is 9.25. The number of likely N-dealkylation sites (tertiary alicyclic amines) is 1. The monoisotopic (exact) mass is 474 g/mol. The molecule has 2 aromatic carbocycles. The Hall–Kier alpha value is -3.38. The zero-order valence-corrected chi connectivity index (χ0v) is 19.7. The lowest BCUT2D eigenvalue weighted by molar-refractivity contribution is -0.140. The van der Waals surface area contributed by atoms with Crippen LogP contribution < -0.4 is 4.90 Å². The second kappa shape index (κ2) is 9.47. The fourth-order valence-electron chi connectivity index (χ4n) is 5.08. The molecule has 0 aliphatic carbocycles. The molecule has 0 unspecified atom stereocenters. The van der Waals surface area contributed by atoms with Crippen molar-refractivity contribution < 1.29 is 9.59 Å². The van der Waals surface area contributed by atoms with Gasteiger partial charge in [-0.25, -0.2) is 4.98 Å². The fraction of sp³-hybridized carbons (Fsp3) is 0.296. The molecule has 0 radical (unpaired) electrons. The van der Waals surface area contributed by atoms with E-state index in [0.717, 1.165) is 16.9 Å². The van der Waals surface area contributed by atoms with Gasteiger partial charge in [-0.05, 0) is 29.7 Å². The molecule has 7 heteroatoms. The third kappa shape index (κ3) is 4.14. The van der Waals surface area contributed by atoms with E-state index in [4.69, 9.17) is 11.6 Å². The van der Waals surface area contributed by atoms with Crippen molar-refractivity contribution in [2.45, 2.75) is 11.8 Å². The van der Waals surface area contributed by atoms with Crippen LogP contribution in [0.25, 0.3) is 0 Å². The van der Waals surface area contributed by atoms with Crippen molar-refractivity contribution in [3.63, 3.8) is 0 Å². The van der Waals surface area contributed by atoms with Crippen LogP contribution in [0.1, 0.15) is 17.5 Å². The number of rotatable bonds is 5. The summed E-state index contributed by atoms with van der Waals surface area (Å²) in [5.41, 5.74) is 1.21. The minimum Gasteiger partial charge on any atom is -0.353 e. The lowest BCUT2D eigenvalue weighted by atomic mass is 9.73. The van der Waals surface area contributed by atoms with Gasteiger partial charge in [0.05, 0.1) is 11.6 Å². The highest BCUT2D eigenvalue weighted by Gasteiger charge is 2.49. The number of carbonyl (C=O) groups is 2. The van der Waals surface area contributed by atoms with Gasteiger partial charge in [-0.3, -0.25) is 9.59 Å². The predicted molar refractivity (Wildman–Crippen MR) is 133 cm³/mol. The van der Waals surface area contributed by atoms with E-state index >= 15 is 0 Å². The van der Waals surface area contributed by atoms with Crippen LogP contribution in [0.4, 0.5) is 5.82 Å². The number of pyridine rings is 1. The maximum atomic E-state index is 13.8. The van der Waals surface area contributed by atoms with Crippen molar-refractivity contribution in [3.05, 3.63) is 95.1 Å². The number of nitrogens with zero attached hydrogens (tertiary/aromatic N) is 4. The Morgan fingerprint density at radius 2 is 1.47 bits per heavy atom. The third-order valence-electron chi connectivity index (χ3n) is 6.94. The molecule has 2 aliphatic rings. The van der Waals surface area contributed by atoms with E-state index in [1.165, 1.54) is 0 Å². The third-order valence-corrected chi connectivity index (χ3v) is 7.16. The number of aromatic nitrogens is 1. The van der Waals surface area contributed by atoms with Gasteiger partial charge in [-0.2, -0.15) is 0 Å². The van der Waals surface area contributed by atoms with Crippen LogP contribution in [0.15, 0.2) is 79.0 Å². The van der Waals surface area contributed by atoms with Crippen molar-refractivity contribution in [1.29, 1.82) is 0 Å². The SMILES string of the molecule is O=C(CN1CCC(c2ccccc2)(c2ccccc2)C1=O)N1CCN(c2ccc(Cl)cn2)CC1. The molecule has 3 heterocycles. The Morgan fingerprint density at radius 1 is 0.853 bits per heavy atom. The maximum absolute atomic E-state index is 13.8. The predicted octanol–water partition coefficient (Wildman–Crippen LogP) is 3.60. The van der Waals surface area contributed by atoms with Crippen LogP contribution in [0.2, 0.25) is 5.02 Å². The first kappa shape index (κ1) is 22.4. The normalized spacial score (nSPS) is 17.8. The summed E-state index contributed by atoms with van der Waals surface area (Å²) in [6.07, 6.45) is 2.29. The van der Waals surface area contributed by atoms with Gasteiger partial charge in [-0.15, -0.1) is 0 Å². The lowest BCUT2D eigenvalue weighted by Gasteiger charge is -2.36. The average molecular weight is 475 g/mol. The zero-order valence-electron chi connectivity index (χ0n) is 18.9. The Balaban J connectivity index is 1.28. The van der Waals surface area contributed by atoms with Crippen molar-refractivity contribution in [2.24, 2.45) is 0 Å². The smallest absolute Gasteiger partial charge is 0.242 e. The number of amides is 2. The van der Waals surface area contributed by atoms with Gasteiger partial charge in [0.25, 0.3) is 0 Å². The summed E-state index contributed by atoms with van der Waals surface area (Å²) in [7, 11) is 0. The lowest BCUT2D eigenvalue weighted by Crippen LogP contribution is -2.52. The number of piperazine rings is 1. The average Bonchev–Trinajstić information content (AvgIpc) is 3.22. The Labute approximate surface area is 204 Å². The summed E-state index contributed by atoms with van der Waals surface area (Å²) in [6.45, 7) is 3.28. The highest BCUT2D eigenvalue weighted by Crippen LogP contribution is 2.41. The molecule has 3 aromatic rings. The summed E-state index contributed by atoms with van der Waals surface area (Å²) in [5.74, 6) is 0.859. The van der Waals surface area contributed by atoms with Gasteiger partial charge in [0.2, 0.25) is 11.8 Å². The number of hydrogen-bond acceptors (Lipinski definition) is 4. The first-order valence-corrected chi connectivity index (χ1v) is 12.0. The summed E-state index contributed by atoms with van der Waals surface area (Å²) in [4.78, 5) is 37.1. The molecule has 0 saturated carbocycles. The van der Waals surface area contributed by atoms with E-state index in [0.29, 0.717) is 44.2 Å². The highest BCUT2D eigenvalue weighted by molar-refractivity contribution is 6.30. The van der Waals surface area contributed by atoms with E-state index < -0.39 is 5.41 Å². The second-order valence-electron chi connectivity index (χ2n) is 8.82. The first-order chi connectivity index (χ1) is 16.6. The van der Waals surface area contributed by atoms with E-state index in [1.807, 2.05) is 77.7 Å². The fourth-order valence-corrected chi connectivity index (χ4v) is 5.19. The molecule has 2 saturated heterocycles. The van der Waals surface area contributed by atoms with E-state index in [1.54, 1.807) is 11.1 Å². The maximum Gasteiger partial charge on any atom is 0.242 e. The zero-order chi connectivity index (χ0) is 23.5. The van der Waals surface area contributed by atoms with E-state index in [-0.39, 0.29) is 18.4 Å². The first-order valence-electron chi connectivity index (χ1n) is 11.6. The van der Waals surface area contributed by atoms with Gasteiger partial charge in [-0.1, -0.05) is 72.3 Å². The molecule has 174 valence electrons. The summed E-state index contributed by atoms with van der Waals surface area (Å²) < 4.78 is 0. The van der Waals surface area contributed by atoms with Crippen molar-refractivity contribution in [3.8, 4) is 0 Å². The summed E-state index contributed by atoms with van der Waals surface area (Å²) in [5, 5.41) is 0.606. The Morgan fingerprint density at radius 3 is 2.03 bits per heavy atom. The largest absolute Gasteiger partial charge is 0.353 e. The van der Waals surface area contributed by atoms with Gasteiger partial charge in [0.15, 0.2) is 0 Å². The molecule has 0 spiro atoms. The van der Waals surface area contributed by atoms with Gasteiger partial charge in [0, 0.05) is 38.9 Å². The molecule has 5 rings (SSSR count). The molecule has 2 aliphatic heterocycles. The van der Waals surface area contributed by atoms with Crippen molar-refractivity contribution in [1.82, 2.24) is 14.8 Å². The molecule has 34 heavy (non-hydrogen) atoms. The van der Waals surface area contributed by atoms with Crippen LogP contribution in [-0.4, -0.2) is 65.9 Å². The molecule has 1 aromatic heterocycles. The summed E-state index contributed by atoms with van der Waals surface area (Å²) >= 11 is 5.94. The highest BCUT2D eigenvalue weighted by atomic mass is 35.5. The van der Waals surface area contributed by atoms with Gasteiger partial charge in [0.1, 0.15) is 11.2 Å². The quantitative estimate of drug-likeness (QED) is 0.567. The minimum absolute atomic E-state index is 0.00208. The molecule has 0 N–H and O–H groups in total. The summed E-state index contributed by atoms with van der Waals surface area (Å²) in [6, 6.07) is 23.6. The van der Waals surface area contributed by atoms with Gasteiger partial charge >= 0.3 is 0 Å². The van der Waals surface area contributed by atoms with Crippen LogP contribution >= 0.6 is 11.6 Å². The van der Waals surface area contributed by atoms with Crippen molar-refractivity contribution >= 4 is 29.2 Å². The molecule has 6 nitrogen and oxygen atoms in total. The Bertz CT molecular complexity index is 1110. The van der Waals surface area contributed by atoms with E-state index in [2.05, 4.69) is 9.88 Å². The number of carbonyl (C=O) groups excluding carboxylic acids is 2. The number of halogens is 1. The number of hydrogen-bond donors (Lipinski definition) is 0. The minimum atomic E-state index is -0.748. The molecule has 2 fully saturated rings. The standard InChI is InChI=1S/C27H27ClN4O2/c28-23-11-12-24(29-19-23)30-15-17-31(18-16-30)25(33)20-32-14-13-27(26(32)34,21-7-3-1-4-8-21)22-9-5-2-6-10-22/h1-12,19H,13-18,20H2. The number of anilines is 1. The van der Waals surface area contributed by atoms with Crippen LogP contribution in [0, 0.1) is 0 Å². The Kier molecular flexibility index (Phi) is 6.24. The van der Waals surface area contributed by atoms with Crippen LogP contribution in [-0.2, 0) is 15.0 Å². The van der Waals surface area contributed by atoms with Crippen LogP contribution in [0.5, 0.6) is 0 Å². The molecule has 0 atom stereocenters. The van der Waals surface area contributed by atoms with Crippen LogP contribution in [0.3, 0.4) is 0 Å². The molecule has 2 amide bonds. The van der Waals surface area contributed by atoms with Crippen molar-refractivity contribution in [2.75, 3.05) is 44.2 Å². The molecule has 0 bridgehead atoms. The van der Waals surface area contributed by atoms with Gasteiger partial charge < -0.3 is 14.7 Å². The topological polar surface area (TPSA) is 56.8 Å². The van der Waals surface area contributed by atoms with E-state index in [9.17, 15) is 9.59 Å². The molecular weight excluding hydrogens is 448 g/mol. The molecular formula is C27H27ClN4O2.